The highest BCUT2D eigenvalue weighted by Crippen LogP contribution is 2.42. The summed E-state index contributed by atoms with van der Waals surface area (Å²) >= 11 is 0. The second kappa shape index (κ2) is 10.3. The lowest BCUT2D eigenvalue weighted by atomic mass is 9.78. The SMILES string of the molecule is CCN1CCC2(CC1)OC(=O)C(C)=C2C(=O)CC1CCCN(c2ccc(C(F)(F)F)cc2)CCC1. The molecule has 4 rings (SSSR count). The molecule has 5 nitrogen and oxygen atoms in total. The Morgan fingerprint density at radius 2 is 1.66 bits per heavy atom. The molecular weight excluding hydrogens is 457 g/mol. The molecule has 2 fully saturated rings. The minimum Gasteiger partial charge on any atom is -0.451 e. The first kappa shape index (κ1) is 25.7. The number of carbonyl (C=O) groups excluding carboxylic acids is 2. The molecular formula is C27H35F3N2O3. The van der Waals surface area contributed by atoms with Gasteiger partial charge in [-0.3, -0.25) is 4.79 Å². The molecule has 0 radical (unpaired) electrons. The summed E-state index contributed by atoms with van der Waals surface area (Å²) in [5.41, 5.74) is 0.482. The Bertz CT molecular complexity index is 953. The third-order valence-electron chi connectivity index (χ3n) is 7.93. The number of anilines is 1. The Hall–Kier alpha value is -2.35. The molecule has 8 heteroatoms. The number of esters is 1. The van der Waals surface area contributed by atoms with Crippen molar-refractivity contribution in [3.63, 3.8) is 0 Å². The highest BCUT2D eigenvalue weighted by molar-refractivity contribution is 6.08. The third kappa shape index (κ3) is 5.57. The van der Waals surface area contributed by atoms with Crippen molar-refractivity contribution in [2.75, 3.05) is 37.6 Å². The number of ketones is 1. The molecule has 0 aliphatic carbocycles. The molecule has 0 aromatic heterocycles. The van der Waals surface area contributed by atoms with Crippen molar-refractivity contribution in [2.24, 2.45) is 5.92 Å². The second-order valence-electron chi connectivity index (χ2n) is 10.1. The summed E-state index contributed by atoms with van der Waals surface area (Å²) < 4.78 is 44.4. The van der Waals surface area contributed by atoms with Crippen LogP contribution in [-0.4, -0.2) is 55.0 Å². The first-order chi connectivity index (χ1) is 16.6. The zero-order valence-corrected chi connectivity index (χ0v) is 20.6. The number of carbonyl (C=O) groups is 2. The number of benzene rings is 1. The Morgan fingerprint density at radius 3 is 2.20 bits per heavy atom. The summed E-state index contributed by atoms with van der Waals surface area (Å²) in [5.74, 6) is -0.0762. The van der Waals surface area contributed by atoms with Crippen molar-refractivity contribution in [3.8, 4) is 0 Å². The van der Waals surface area contributed by atoms with E-state index in [9.17, 15) is 22.8 Å². The van der Waals surface area contributed by atoms with Crippen molar-refractivity contribution in [3.05, 3.63) is 41.0 Å². The summed E-state index contributed by atoms with van der Waals surface area (Å²) in [7, 11) is 0. The van der Waals surface area contributed by atoms with Gasteiger partial charge in [-0.05, 0) is 69.3 Å². The summed E-state index contributed by atoms with van der Waals surface area (Å²) in [6.45, 7) is 7.90. The average molecular weight is 493 g/mol. The lowest BCUT2D eigenvalue weighted by Gasteiger charge is -2.39. The summed E-state index contributed by atoms with van der Waals surface area (Å²) in [6.07, 6.45) is 0.897. The molecule has 1 spiro atoms. The molecule has 35 heavy (non-hydrogen) atoms. The van der Waals surface area contributed by atoms with Gasteiger partial charge in [0.05, 0.1) is 5.56 Å². The van der Waals surface area contributed by atoms with E-state index >= 15 is 0 Å². The van der Waals surface area contributed by atoms with Gasteiger partial charge in [-0.1, -0.05) is 6.92 Å². The molecule has 3 aliphatic heterocycles. The second-order valence-corrected chi connectivity index (χ2v) is 10.1. The van der Waals surface area contributed by atoms with Gasteiger partial charge in [-0.15, -0.1) is 0 Å². The van der Waals surface area contributed by atoms with Crippen molar-refractivity contribution >= 4 is 17.4 Å². The third-order valence-corrected chi connectivity index (χ3v) is 7.93. The van der Waals surface area contributed by atoms with E-state index in [1.807, 2.05) is 0 Å². The summed E-state index contributed by atoms with van der Waals surface area (Å²) in [5, 5.41) is 0. The van der Waals surface area contributed by atoms with Crippen LogP contribution in [-0.2, 0) is 20.5 Å². The molecule has 0 atom stereocenters. The molecule has 192 valence electrons. The molecule has 2 saturated heterocycles. The van der Waals surface area contributed by atoms with E-state index in [1.54, 1.807) is 19.1 Å². The number of halogens is 3. The number of alkyl halides is 3. The zero-order valence-electron chi connectivity index (χ0n) is 20.6. The van der Waals surface area contributed by atoms with Gasteiger partial charge in [-0.25, -0.2) is 4.79 Å². The van der Waals surface area contributed by atoms with Gasteiger partial charge >= 0.3 is 12.1 Å². The number of ether oxygens (including phenoxy) is 1. The zero-order chi connectivity index (χ0) is 25.2. The number of nitrogens with zero attached hydrogens (tertiary/aromatic N) is 2. The predicted octanol–water partition coefficient (Wildman–Crippen LogP) is 5.39. The highest BCUT2D eigenvalue weighted by atomic mass is 19.4. The fraction of sp³-hybridized carbons (Fsp3) is 0.630. The summed E-state index contributed by atoms with van der Waals surface area (Å²) in [4.78, 5) is 30.4. The fourth-order valence-corrected chi connectivity index (χ4v) is 5.88. The van der Waals surface area contributed by atoms with Crippen molar-refractivity contribution in [2.45, 2.75) is 70.6 Å². The van der Waals surface area contributed by atoms with E-state index in [1.165, 1.54) is 0 Å². The van der Waals surface area contributed by atoms with E-state index in [4.69, 9.17) is 4.74 Å². The number of rotatable bonds is 5. The maximum absolute atomic E-state index is 13.5. The number of Topliss-reactive ketones (excluding diaryl/α,β-unsaturated/α-hetero) is 1. The molecule has 0 saturated carbocycles. The van der Waals surface area contributed by atoms with Crippen LogP contribution in [0.5, 0.6) is 0 Å². The van der Waals surface area contributed by atoms with Gasteiger partial charge in [-0.2, -0.15) is 13.2 Å². The van der Waals surface area contributed by atoms with Crippen LogP contribution in [0.15, 0.2) is 35.4 Å². The van der Waals surface area contributed by atoms with Crippen LogP contribution in [0, 0.1) is 5.92 Å². The largest absolute Gasteiger partial charge is 0.451 e. The molecule has 0 unspecified atom stereocenters. The average Bonchev–Trinajstić information content (AvgIpc) is 3.04. The summed E-state index contributed by atoms with van der Waals surface area (Å²) in [6, 6.07) is 5.36. The number of piperidine rings is 1. The van der Waals surface area contributed by atoms with Gasteiger partial charge in [0.15, 0.2) is 5.78 Å². The molecule has 0 amide bonds. The lowest BCUT2D eigenvalue weighted by molar-refractivity contribution is -0.150. The van der Waals surface area contributed by atoms with Crippen LogP contribution in [0.4, 0.5) is 18.9 Å². The van der Waals surface area contributed by atoms with E-state index < -0.39 is 17.3 Å². The Balaban J connectivity index is 1.36. The van der Waals surface area contributed by atoms with E-state index in [2.05, 4.69) is 16.7 Å². The number of likely N-dealkylation sites (tertiary alicyclic amines) is 1. The van der Waals surface area contributed by atoms with Crippen LogP contribution in [0.3, 0.4) is 0 Å². The lowest BCUT2D eigenvalue weighted by Crippen LogP contribution is -2.47. The Kier molecular flexibility index (Phi) is 7.60. The monoisotopic (exact) mass is 492 g/mol. The van der Waals surface area contributed by atoms with Gasteiger partial charge < -0.3 is 14.5 Å². The first-order valence-corrected chi connectivity index (χ1v) is 12.8. The highest BCUT2D eigenvalue weighted by Gasteiger charge is 2.50. The minimum absolute atomic E-state index is 0.0449. The normalized spacial score (nSPS) is 22.3. The van der Waals surface area contributed by atoms with Crippen LogP contribution in [0.25, 0.3) is 0 Å². The van der Waals surface area contributed by atoms with E-state index in [-0.39, 0.29) is 17.7 Å². The number of hydrogen-bond acceptors (Lipinski definition) is 5. The molecule has 3 heterocycles. The number of hydrogen-bond donors (Lipinski definition) is 0. The van der Waals surface area contributed by atoms with Crippen LogP contribution >= 0.6 is 0 Å². The van der Waals surface area contributed by atoms with Crippen molar-refractivity contribution in [1.82, 2.24) is 4.90 Å². The molecule has 3 aliphatic rings. The Labute approximate surface area is 205 Å². The Morgan fingerprint density at radius 1 is 1.06 bits per heavy atom. The van der Waals surface area contributed by atoms with E-state index in [0.717, 1.165) is 76.2 Å². The molecule has 1 aromatic carbocycles. The maximum atomic E-state index is 13.5. The molecule has 1 aromatic rings. The van der Waals surface area contributed by atoms with Crippen molar-refractivity contribution in [1.29, 1.82) is 0 Å². The van der Waals surface area contributed by atoms with Crippen LogP contribution in [0.2, 0.25) is 0 Å². The van der Waals surface area contributed by atoms with Gasteiger partial charge in [0.1, 0.15) is 5.60 Å². The smallest absolute Gasteiger partial charge is 0.416 e. The van der Waals surface area contributed by atoms with Gasteiger partial charge in [0, 0.05) is 62.3 Å². The van der Waals surface area contributed by atoms with Crippen molar-refractivity contribution < 1.29 is 27.5 Å². The van der Waals surface area contributed by atoms with Crippen LogP contribution in [0.1, 0.15) is 64.4 Å². The topological polar surface area (TPSA) is 49.9 Å². The fourth-order valence-electron chi connectivity index (χ4n) is 5.88. The predicted molar refractivity (Wildman–Crippen MR) is 128 cm³/mol. The standard InChI is InChI=1S/C27H35F3N2O3/c1-3-31-16-12-26(13-17-31)24(19(2)25(34)35-26)23(33)18-20-6-4-14-32(15-5-7-20)22-10-8-21(9-11-22)27(28,29)30/h8-11,20H,3-7,12-18H2,1-2H3. The van der Waals surface area contributed by atoms with E-state index in [0.29, 0.717) is 30.4 Å². The van der Waals surface area contributed by atoms with Crippen LogP contribution < -0.4 is 4.90 Å². The quantitative estimate of drug-likeness (QED) is 0.516. The molecule has 0 bridgehead atoms. The minimum atomic E-state index is -4.33. The molecule has 0 N–H and O–H groups in total. The van der Waals surface area contributed by atoms with Gasteiger partial charge in [0.2, 0.25) is 0 Å². The first-order valence-electron chi connectivity index (χ1n) is 12.8. The maximum Gasteiger partial charge on any atom is 0.416 e. The van der Waals surface area contributed by atoms with Gasteiger partial charge in [0.25, 0.3) is 0 Å².